The molecule has 1 aliphatic rings. The maximum absolute atomic E-state index is 9.52. The fraction of sp³-hybridized carbons (Fsp3) is 0.476. The first-order valence-electron chi connectivity index (χ1n) is 9.29. The van der Waals surface area contributed by atoms with E-state index in [0.717, 1.165) is 44.9 Å². The number of rotatable bonds is 7. The lowest BCUT2D eigenvalue weighted by molar-refractivity contribution is 0.0499. The summed E-state index contributed by atoms with van der Waals surface area (Å²) in [6.07, 6.45) is 4.51. The Balaban J connectivity index is 1.63. The number of piperazine rings is 1. The van der Waals surface area contributed by atoms with E-state index in [-0.39, 0.29) is 6.61 Å². The maximum Gasteiger partial charge on any atom is 0.121 e. The van der Waals surface area contributed by atoms with Gasteiger partial charge in [-0.15, -0.1) is 0 Å². The van der Waals surface area contributed by atoms with Crippen LogP contribution in [0.5, 0.6) is 5.75 Å². The lowest BCUT2D eigenvalue weighted by Crippen LogP contribution is -2.52. The van der Waals surface area contributed by atoms with Gasteiger partial charge in [0.05, 0.1) is 7.11 Å². The molecule has 1 unspecified atom stereocenters. The molecular weight excluding hydrogens is 326 g/mol. The number of nitrogens with zero attached hydrogens (tertiary/aromatic N) is 3. The average Bonchev–Trinajstić information content (AvgIpc) is 2.65. The molecule has 1 aromatic carbocycles. The summed E-state index contributed by atoms with van der Waals surface area (Å²) in [6, 6.07) is 10.9. The van der Waals surface area contributed by atoms with E-state index in [1.165, 1.54) is 16.7 Å². The minimum Gasteiger partial charge on any atom is -0.496 e. The molecule has 140 valence electrons. The third-order valence-corrected chi connectivity index (χ3v) is 5.15. The number of aryl methyl sites for hydroxylation is 1. The number of aliphatic hydroxyl groups is 1. The van der Waals surface area contributed by atoms with Crippen molar-refractivity contribution in [2.24, 2.45) is 0 Å². The summed E-state index contributed by atoms with van der Waals surface area (Å²) in [6.45, 7) is 7.21. The van der Waals surface area contributed by atoms with E-state index in [2.05, 4.69) is 46.0 Å². The Labute approximate surface area is 156 Å². The number of benzene rings is 1. The van der Waals surface area contributed by atoms with Gasteiger partial charge in [0.2, 0.25) is 0 Å². The first kappa shape index (κ1) is 18.8. The summed E-state index contributed by atoms with van der Waals surface area (Å²) in [5, 5.41) is 9.52. The minimum atomic E-state index is 0.228. The summed E-state index contributed by atoms with van der Waals surface area (Å²) in [5.41, 5.74) is 3.76. The maximum atomic E-state index is 9.52. The molecular formula is C21H29N3O2. The molecule has 2 heterocycles. The zero-order chi connectivity index (χ0) is 18.4. The number of ether oxygens (including phenoxy) is 1. The molecule has 1 N–H and O–H groups in total. The highest BCUT2D eigenvalue weighted by molar-refractivity contribution is 5.36. The van der Waals surface area contributed by atoms with E-state index in [9.17, 15) is 5.11 Å². The van der Waals surface area contributed by atoms with Crippen LogP contribution in [0.15, 0.2) is 42.7 Å². The highest BCUT2D eigenvalue weighted by Gasteiger charge is 2.26. The van der Waals surface area contributed by atoms with Gasteiger partial charge < -0.3 is 9.84 Å². The second kappa shape index (κ2) is 9.12. The zero-order valence-corrected chi connectivity index (χ0v) is 15.8. The molecule has 0 saturated carbocycles. The normalized spacial score (nSPS) is 18.8. The van der Waals surface area contributed by atoms with Gasteiger partial charge >= 0.3 is 0 Å². The molecule has 2 aromatic rings. The molecule has 1 saturated heterocycles. The Morgan fingerprint density at radius 1 is 1.12 bits per heavy atom. The predicted octanol–water partition coefficient (Wildman–Crippen LogP) is 2.47. The van der Waals surface area contributed by atoms with E-state index < -0.39 is 0 Å². The van der Waals surface area contributed by atoms with Gasteiger partial charge in [-0.1, -0.05) is 12.1 Å². The molecule has 0 bridgehead atoms. The fourth-order valence-corrected chi connectivity index (χ4v) is 3.75. The summed E-state index contributed by atoms with van der Waals surface area (Å²) in [5.74, 6) is 0.933. The van der Waals surface area contributed by atoms with E-state index in [0.29, 0.717) is 6.04 Å². The van der Waals surface area contributed by atoms with Crippen LogP contribution >= 0.6 is 0 Å². The third kappa shape index (κ3) is 4.81. The molecule has 1 aliphatic heterocycles. The first-order chi connectivity index (χ1) is 12.7. The summed E-state index contributed by atoms with van der Waals surface area (Å²) in [7, 11) is 1.71. The van der Waals surface area contributed by atoms with Gasteiger partial charge in [-0.25, -0.2) is 0 Å². The molecule has 26 heavy (non-hydrogen) atoms. The van der Waals surface area contributed by atoms with Crippen LogP contribution in [0.4, 0.5) is 0 Å². The molecule has 1 fully saturated rings. The van der Waals surface area contributed by atoms with Crippen molar-refractivity contribution in [1.29, 1.82) is 0 Å². The topological polar surface area (TPSA) is 48.8 Å². The van der Waals surface area contributed by atoms with E-state index in [1.807, 2.05) is 18.5 Å². The average molecular weight is 355 g/mol. The van der Waals surface area contributed by atoms with Crippen molar-refractivity contribution in [2.45, 2.75) is 32.5 Å². The Hall–Kier alpha value is -1.95. The molecule has 1 atom stereocenters. The predicted molar refractivity (Wildman–Crippen MR) is 103 cm³/mol. The lowest BCUT2D eigenvalue weighted by Gasteiger charge is -2.41. The highest BCUT2D eigenvalue weighted by atomic mass is 16.5. The van der Waals surface area contributed by atoms with Gasteiger partial charge in [0.15, 0.2) is 0 Å². The molecule has 3 rings (SSSR count). The second-order valence-electron chi connectivity index (χ2n) is 7.03. The van der Waals surface area contributed by atoms with Crippen LogP contribution in [0.25, 0.3) is 0 Å². The Bertz CT molecular complexity index is 693. The molecule has 0 radical (unpaired) electrons. The van der Waals surface area contributed by atoms with E-state index in [4.69, 9.17) is 4.74 Å². The number of pyridine rings is 1. The fourth-order valence-electron chi connectivity index (χ4n) is 3.75. The largest absolute Gasteiger partial charge is 0.496 e. The monoisotopic (exact) mass is 355 g/mol. The quantitative estimate of drug-likeness (QED) is 0.827. The van der Waals surface area contributed by atoms with Crippen molar-refractivity contribution >= 4 is 0 Å². The SMILES string of the molecule is COc1ccc(CN2CCN(Cc3ccncc3)CC2CCO)cc1C. The van der Waals surface area contributed by atoms with Crippen LogP contribution in [-0.2, 0) is 13.1 Å². The molecule has 5 nitrogen and oxygen atoms in total. The first-order valence-corrected chi connectivity index (χ1v) is 9.29. The van der Waals surface area contributed by atoms with Crippen LogP contribution in [0.1, 0.15) is 23.1 Å². The summed E-state index contributed by atoms with van der Waals surface area (Å²) >= 11 is 0. The molecule has 0 amide bonds. The van der Waals surface area contributed by atoms with E-state index >= 15 is 0 Å². The molecule has 0 spiro atoms. The van der Waals surface area contributed by atoms with Gasteiger partial charge in [-0.2, -0.15) is 0 Å². The standard InChI is InChI=1S/C21H29N3O2/c1-17-13-19(3-4-21(17)26-2)15-24-11-10-23(16-20(24)7-12-25)14-18-5-8-22-9-6-18/h3-6,8-9,13,20,25H,7,10-12,14-16H2,1-2H3. The highest BCUT2D eigenvalue weighted by Crippen LogP contribution is 2.22. The van der Waals surface area contributed by atoms with Crippen molar-refractivity contribution in [3.63, 3.8) is 0 Å². The van der Waals surface area contributed by atoms with Gasteiger partial charge in [-0.3, -0.25) is 14.8 Å². The number of methoxy groups -OCH3 is 1. The Morgan fingerprint density at radius 3 is 2.62 bits per heavy atom. The summed E-state index contributed by atoms with van der Waals surface area (Å²) in [4.78, 5) is 9.07. The Morgan fingerprint density at radius 2 is 1.92 bits per heavy atom. The molecule has 5 heteroatoms. The minimum absolute atomic E-state index is 0.228. The second-order valence-corrected chi connectivity index (χ2v) is 7.03. The van der Waals surface area contributed by atoms with Gasteiger partial charge in [0.1, 0.15) is 5.75 Å². The third-order valence-electron chi connectivity index (χ3n) is 5.15. The van der Waals surface area contributed by atoms with Crippen LogP contribution in [-0.4, -0.2) is 59.3 Å². The molecule has 0 aliphatic carbocycles. The number of aliphatic hydroxyl groups excluding tert-OH is 1. The van der Waals surface area contributed by atoms with Crippen molar-refractivity contribution < 1.29 is 9.84 Å². The van der Waals surface area contributed by atoms with Gasteiger partial charge in [-0.05, 0) is 48.2 Å². The van der Waals surface area contributed by atoms with Crippen LogP contribution in [0.2, 0.25) is 0 Å². The Kier molecular flexibility index (Phi) is 6.61. The lowest BCUT2D eigenvalue weighted by atomic mass is 10.0. The van der Waals surface area contributed by atoms with Crippen molar-refractivity contribution in [1.82, 2.24) is 14.8 Å². The number of hydrogen-bond donors (Lipinski definition) is 1. The zero-order valence-electron chi connectivity index (χ0n) is 15.8. The summed E-state index contributed by atoms with van der Waals surface area (Å²) < 4.78 is 5.36. The number of aromatic nitrogens is 1. The van der Waals surface area contributed by atoms with Crippen molar-refractivity contribution in [2.75, 3.05) is 33.4 Å². The van der Waals surface area contributed by atoms with Gasteiger partial charge in [0.25, 0.3) is 0 Å². The van der Waals surface area contributed by atoms with Crippen LogP contribution < -0.4 is 4.74 Å². The molecule has 1 aromatic heterocycles. The van der Waals surface area contributed by atoms with Crippen LogP contribution in [0.3, 0.4) is 0 Å². The van der Waals surface area contributed by atoms with Crippen LogP contribution in [0, 0.1) is 6.92 Å². The van der Waals surface area contributed by atoms with E-state index in [1.54, 1.807) is 7.11 Å². The number of hydrogen-bond acceptors (Lipinski definition) is 5. The smallest absolute Gasteiger partial charge is 0.121 e. The van der Waals surface area contributed by atoms with Crippen molar-refractivity contribution in [3.8, 4) is 5.75 Å². The van der Waals surface area contributed by atoms with Gasteiger partial charge in [0, 0.05) is 57.8 Å². The van der Waals surface area contributed by atoms with Crippen molar-refractivity contribution in [3.05, 3.63) is 59.4 Å².